The molecule has 0 aliphatic rings. The van der Waals surface area contributed by atoms with Crippen molar-refractivity contribution in [1.82, 2.24) is 9.88 Å². The summed E-state index contributed by atoms with van der Waals surface area (Å²) in [5.41, 5.74) is 8.33. The molecule has 0 bridgehead atoms. The van der Waals surface area contributed by atoms with Gasteiger partial charge in [0.1, 0.15) is 0 Å². The van der Waals surface area contributed by atoms with Crippen LogP contribution in [0.2, 0.25) is 0 Å². The van der Waals surface area contributed by atoms with Gasteiger partial charge in [0.2, 0.25) is 0 Å². The highest BCUT2D eigenvalue weighted by atomic mass is 79.9. The Balaban J connectivity index is 2.14. The number of benzene rings is 1. The maximum atomic E-state index is 5.92. The van der Waals surface area contributed by atoms with Crippen LogP contribution in [0.3, 0.4) is 0 Å². The molecule has 1 unspecified atom stereocenters. The third kappa shape index (κ3) is 3.62. The van der Waals surface area contributed by atoms with Crippen molar-refractivity contribution in [1.29, 1.82) is 0 Å². The van der Waals surface area contributed by atoms with E-state index in [1.807, 2.05) is 18.3 Å². The lowest BCUT2D eigenvalue weighted by Gasteiger charge is -2.27. The largest absolute Gasteiger partial charge is 0.329 e. The normalized spacial score (nSPS) is 12.6. The van der Waals surface area contributed by atoms with Crippen molar-refractivity contribution < 1.29 is 0 Å². The fraction of sp³-hybridized carbons (Fsp3) is 0.267. The van der Waals surface area contributed by atoms with Gasteiger partial charge in [0.15, 0.2) is 0 Å². The third-order valence-electron chi connectivity index (χ3n) is 3.20. The van der Waals surface area contributed by atoms with Crippen LogP contribution in [0.25, 0.3) is 0 Å². The van der Waals surface area contributed by atoms with Crippen LogP contribution in [-0.4, -0.2) is 23.5 Å². The van der Waals surface area contributed by atoms with Crippen molar-refractivity contribution in [3.05, 3.63) is 64.4 Å². The quantitative estimate of drug-likeness (QED) is 0.921. The SMILES string of the molecule is CN(Cc1ccccc1Br)C(CN)c1cccnc1. The molecule has 1 aromatic carbocycles. The molecule has 0 radical (unpaired) electrons. The molecular formula is C15H18BrN3. The van der Waals surface area contributed by atoms with E-state index >= 15 is 0 Å². The Morgan fingerprint density at radius 3 is 2.68 bits per heavy atom. The van der Waals surface area contributed by atoms with Gasteiger partial charge in [-0.15, -0.1) is 0 Å². The average molecular weight is 320 g/mol. The third-order valence-corrected chi connectivity index (χ3v) is 3.98. The number of pyridine rings is 1. The van der Waals surface area contributed by atoms with Gasteiger partial charge in [-0.1, -0.05) is 40.2 Å². The molecule has 1 atom stereocenters. The van der Waals surface area contributed by atoms with Crippen LogP contribution < -0.4 is 5.73 Å². The molecule has 0 fully saturated rings. The molecule has 0 amide bonds. The van der Waals surface area contributed by atoms with Crippen molar-refractivity contribution in [3.63, 3.8) is 0 Å². The second kappa shape index (κ2) is 6.80. The number of nitrogens with two attached hydrogens (primary N) is 1. The standard InChI is InChI=1S/C15H18BrN3/c1-19(11-13-5-2-3-7-14(13)16)15(9-17)12-6-4-8-18-10-12/h2-8,10,15H,9,11,17H2,1H3. The van der Waals surface area contributed by atoms with E-state index in [1.165, 1.54) is 5.56 Å². The van der Waals surface area contributed by atoms with E-state index in [4.69, 9.17) is 5.73 Å². The highest BCUT2D eigenvalue weighted by molar-refractivity contribution is 9.10. The lowest BCUT2D eigenvalue weighted by atomic mass is 10.1. The summed E-state index contributed by atoms with van der Waals surface area (Å²) in [5, 5.41) is 0. The van der Waals surface area contributed by atoms with Gasteiger partial charge < -0.3 is 5.73 Å². The molecule has 2 N–H and O–H groups in total. The summed E-state index contributed by atoms with van der Waals surface area (Å²) in [4.78, 5) is 6.42. The minimum absolute atomic E-state index is 0.181. The number of hydrogen-bond donors (Lipinski definition) is 1. The van der Waals surface area contributed by atoms with Crippen LogP contribution in [0.5, 0.6) is 0 Å². The predicted octanol–water partition coefficient (Wildman–Crippen LogP) is 2.98. The maximum absolute atomic E-state index is 5.92. The van der Waals surface area contributed by atoms with Crippen molar-refractivity contribution in [3.8, 4) is 0 Å². The first-order chi connectivity index (χ1) is 9.22. The van der Waals surface area contributed by atoms with E-state index in [0.29, 0.717) is 6.54 Å². The fourth-order valence-electron chi connectivity index (χ4n) is 2.15. The summed E-state index contributed by atoms with van der Waals surface area (Å²) >= 11 is 3.58. The summed E-state index contributed by atoms with van der Waals surface area (Å²) in [5.74, 6) is 0. The Bertz CT molecular complexity index is 516. The number of halogens is 1. The molecule has 0 saturated carbocycles. The molecule has 100 valence electrons. The zero-order valence-corrected chi connectivity index (χ0v) is 12.5. The van der Waals surface area contributed by atoms with Gasteiger partial charge in [-0.2, -0.15) is 0 Å². The molecule has 1 heterocycles. The molecule has 2 aromatic rings. The zero-order chi connectivity index (χ0) is 13.7. The molecule has 2 rings (SSSR count). The Kier molecular flexibility index (Phi) is 5.07. The first-order valence-electron chi connectivity index (χ1n) is 6.26. The first kappa shape index (κ1) is 14.2. The number of rotatable bonds is 5. The average Bonchev–Trinajstić information content (AvgIpc) is 2.43. The molecule has 0 saturated heterocycles. The summed E-state index contributed by atoms with van der Waals surface area (Å²) in [6.07, 6.45) is 3.67. The summed E-state index contributed by atoms with van der Waals surface area (Å²) in [6.45, 7) is 1.42. The van der Waals surface area contributed by atoms with Gasteiger partial charge in [-0.05, 0) is 30.3 Å². The lowest BCUT2D eigenvalue weighted by Crippen LogP contribution is -2.30. The molecule has 3 nitrogen and oxygen atoms in total. The second-order valence-electron chi connectivity index (χ2n) is 4.54. The number of hydrogen-bond acceptors (Lipinski definition) is 3. The second-order valence-corrected chi connectivity index (χ2v) is 5.40. The van der Waals surface area contributed by atoms with Gasteiger partial charge in [-0.25, -0.2) is 0 Å². The summed E-state index contributed by atoms with van der Waals surface area (Å²) < 4.78 is 1.13. The monoisotopic (exact) mass is 319 g/mol. The van der Waals surface area contributed by atoms with Gasteiger partial charge in [0.05, 0.1) is 0 Å². The van der Waals surface area contributed by atoms with E-state index < -0.39 is 0 Å². The van der Waals surface area contributed by atoms with Crippen LogP contribution in [0, 0.1) is 0 Å². The topological polar surface area (TPSA) is 42.1 Å². The Hall–Kier alpha value is -1.23. The van der Waals surface area contributed by atoms with E-state index in [2.05, 4.69) is 57.1 Å². The summed E-state index contributed by atoms with van der Waals surface area (Å²) in [6, 6.07) is 12.5. The zero-order valence-electron chi connectivity index (χ0n) is 11.0. The van der Waals surface area contributed by atoms with E-state index in [0.717, 1.165) is 16.6 Å². The minimum Gasteiger partial charge on any atom is -0.329 e. The highest BCUT2D eigenvalue weighted by Crippen LogP contribution is 2.23. The van der Waals surface area contributed by atoms with E-state index in [9.17, 15) is 0 Å². The molecule has 0 spiro atoms. The van der Waals surface area contributed by atoms with Gasteiger partial charge in [0, 0.05) is 36.0 Å². The van der Waals surface area contributed by atoms with Gasteiger partial charge in [0.25, 0.3) is 0 Å². The molecule has 0 aliphatic carbocycles. The molecule has 19 heavy (non-hydrogen) atoms. The Morgan fingerprint density at radius 1 is 1.26 bits per heavy atom. The molecule has 4 heteroatoms. The molecular weight excluding hydrogens is 302 g/mol. The van der Waals surface area contributed by atoms with Crippen LogP contribution >= 0.6 is 15.9 Å². The van der Waals surface area contributed by atoms with E-state index in [1.54, 1.807) is 6.20 Å². The summed E-state index contributed by atoms with van der Waals surface area (Å²) in [7, 11) is 2.09. The molecule has 1 aromatic heterocycles. The Morgan fingerprint density at radius 2 is 2.05 bits per heavy atom. The van der Waals surface area contributed by atoms with Gasteiger partial charge >= 0.3 is 0 Å². The van der Waals surface area contributed by atoms with Crippen LogP contribution in [0.1, 0.15) is 17.2 Å². The van der Waals surface area contributed by atoms with Crippen molar-refractivity contribution >= 4 is 15.9 Å². The van der Waals surface area contributed by atoms with E-state index in [-0.39, 0.29) is 6.04 Å². The van der Waals surface area contributed by atoms with Crippen molar-refractivity contribution in [2.45, 2.75) is 12.6 Å². The van der Waals surface area contributed by atoms with Crippen LogP contribution in [0.15, 0.2) is 53.3 Å². The Labute approximate surface area is 122 Å². The number of nitrogens with zero attached hydrogens (tertiary/aromatic N) is 2. The lowest BCUT2D eigenvalue weighted by molar-refractivity contribution is 0.241. The highest BCUT2D eigenvalue weighted by Gasteiger charge is 2.16. The van der Waals surface area contributed by atoms with Crippen molar-refractivity contribution in [2.75, 3.05) is 13.6 Å². The minimum atomic E-state index is 0.181. The smallest absolute Gasteiger partial charge is 0.0486 e. The fourth-order valence-corrected chi connectivity index (χ4v) is 2.56. The molecule has 0 aliphatic heterocycles. The predicted molar refractivity (Wildman–Crippen MR) is 81.6 cm³/mol. The van der Waals surface area contributed by atoms with Crippen molar-refractivity contribution in [2.24, 2.45) is 5.73 Å². The number of likely N-dealkylation sites (N-methyl/N-ethyl adjacent to an activating group) is 1. The number of aromatic nitrogens is 1. The van der Waals surface area contributed by atoms with Gasteiger partial charge in [-0.3, -0.25) is 9.88 Å². The maximum Gasteiger partial charge on any atom is 0.0486 e. The van der Waals surface area contributed by atoms with Crippen LogP contribution in [-0.2, 0) is 6.54 Å². The van der Waals surface area contributed by atoms with Crippen LogP contribution in [0.4, 0.5) is 0 Å². The first-order valence-corrected chi connectivity index (χ1v) is 7.05.